The number of urea groups is 1. The number of nitrogens with zero attached hydrogens (tertiary/aromatic N) is 1. The molecule has 1 aliphatic heterocycles. The third-order valence-corrected chi connectivity index (χ3v) is 5.44. The highest BCUT2D eigenvalue weighted by atomic mass is 79.9. The fraction of sp³-hybridized carbons (Fsp3) is 0.261. The number of hydrogen-bond acceptors (Lipinski definition) is 5. The van der Waals surface area contributed by atoms with Crippen molar-refractivity contribution in [1.29, 1.82) is 0 Å². The maximum absolute atomic E-state index is 13.3. The van der Waals surface area contributed by atoms with Crippen LogP contribution < -0.4 is 19.7 Å². The number of rotatable bonds is 7. The predicted octanol–water partition coefficient (Wildman–Crippen LogP) is 4.83. The SMILES string of the molecule is CCOc1cc(/C=C2\C(=O)NC(=O)N(c3ccc(F)cc3)C2=O)c(Br)cc1O[C@H](C)CC. The summed E-state index contributed by atoms with van der Waals surface area (Å²) in [5.41, 5.74) is 0.364. The minimum atomic E-state index is -0.907. The van der Waals surface area contributed by atoms with Crippen molar-refractivity contribution in [3.8, 4) is 11.5 Å². The number of amides is 4. The molecular weight excluding hydrogens is 483 g/mol. The summed E-state index contributed by atoms with van der Waals surface area (Å²) in [4.78, 5) is 38.5. The van der Waals surface area contributed by atoms with Crippen LogP contribution in [-0.2, 0) is 9.59 Å². The zero-order chi connectivity index (χ0) is 23.4. The van der Waals surface area contributed by atoms with Crippen molar-refractivity contribution in [2.45, 2.75) is 33.3 Å². The normalized spacial score (nSPS) is 16.2. The first-order chi connectivity index (χ1) is 15.2. The average molecular weight is 505 g/mol. The van der Waals surface area contributed by atoms with Crippen molar-refractivity contribution in [2.24, 2.45) is 0 Å². The molecule has 2 aromatic rings. The summed E-state index contributed by atoms with van der Waals surface area (Å²) < 4.78 is 25.4. The van der Waals surface area contributed by atoms with Gasteiger partial charge in [-0.2, -0.15) is 0 Å². The van der Waals surface area contributed by atoms with E-state index in [1.807, 2.05) is 20.8 Å². The lowest BCUT2D eigenvalue weighted by Gasteiger charge is -2.26. The average Bonchev–Trinajstić information content (AvgIpc) is 2.75. The van der Waals surface area contributed by atoms with Gasteiger partial charge in [0, 0.05) is 4.47 Å². The van der Waals surface area contributed by atoms with Gasteiger partial charge in [-0.3, -0.25) is 14.9 Å². The molecule has 4 amide bonds. The molecule has 168 valence electrons. The molecule has 0 aliphatic carbocycles. The smallest absolute Gasteiger partial charge is 0.335 e. The van der Waals surface area contributed by atoms with Gasteiger partial charge in [0.25, 0.3) is 11.8 Å². The van der Waals surface area contributed by atoms with Crippen LogP contribution in [0.3, 0.4) is 0 Å². The summed E-state index contributed by atoms with van der Waals surface area (Å²) in [7, 11) is 0. The van der Waals surface area contributed by atoms with Crippen LogP contribution in [-0.4, -0.2) is 30.6 Å². The molecule has 0 radical (unpaired) electrons. The Morgan fingerprint density at radius 1 is 1.12 bits per heavy atom. The Kier molecular flexibility index (Phi) is 7.29. The Morgan fingerprint density at radius 3 is 2.44 bits per heavy atom. The van der Waals surface area contributed by atoms with Gasteiger partial charge in [0.2, 0.25) is 0 Å². The predicted molar refractivity (Wildman–Crippen MR) is 121 cm³/mol. The van der Waals surface area contributed by atoms with Crippen molar-refractivity contribution in [3.63, 3.8) is 0 Å². The largest absolute Gasteiger partial charge is 0.490 e. The second-order valence-corrected chi connectivity index (χ2v) is 7.88. The second-order valence-electron chi connectivity index (χ2n) is 7.02. The highest BCUT2D eigenvalue weighted by Crippen LogP contribution is 2.36. The summed E-state index contributed by atoms with van der Waals surface area (Å²) in [5.74, 6) is -1.19. The van der Waals surface area contributed by atoms with Crippen molar-refractivity contribution in [2.75, 3.05) is 11.5 Å². The molecule has 7 nitrogen and oxygen atoms in total. The third kappa shape index (κ3) is 4.99. The van der Waals surface area contributed by atoms with E-state index in [9.17, 15) is 18.8 Å². The maximum atomic E-state index is 13.3. The molecule has 32 heavy (non-hydrogen) atoms. The first kappa shape index (κ1) is 23.5. The van der Waals surface area contributed by atoms with E-state index in [2.05, 4.69) is 21.2 Å². The van der Waals surface area contributed by atoms with E-state index < -0.39 is 23.7 Å². The summed E-state index contributed by atoms with van der Waals surface area (Å²) in [6, 6.07) is 7.26. The lowest BCUT2D eigenvalue weighted by atomic mass is 10.1. The fourth-order valence-electron chi connectivity index (χ4n) is 2.96. The molecule has 9 heteroatoms. The van der Waals surface area contributed by atoms with Gasteiger partial charge in [0.05, 0.1) is 18.4 Å². The molecule has 0 spiro atoms. The molecule has 1 heterocycles. The lowest BCUT2D eigenvalue weighted by Crippen LogP contribution is -2.54. The molecule has 1 aliphatic rings. The van der Waals surface area contributed by atoms with Gasteiger partial charge in [-0.15, -0.1) is 0 Å². The van der Waals surface area contributed by atoms with Gasteiger partial charge in [0.15, 0.2) is 11.5 Å². The Morgan fingerprint density at radius 2 is 1.81 bits per heavy atom. The van der Waals surface area contributed by atoms with E-state index in [-0.39, 0.29) is 17.4 Å². The maximum Gasteiger partial charge on any atom is 0.335 e. The lowest BCUT2D eigenvalue weighted by molar-refractivity contribution is -0.122. The van der Waals surface area contributed by atoms with Crippen LogP contribution in [0.4, 0.5) is 14.9 Å². The van der Waals surface area contributed by atoms with Gasteiger partial charge in [-0.05, 0) is 68.3 Å². The van der Waals surface area contributed by atoms with Crippen molar-refractivity contribution < 1.29 is 28.2 Å². The molecular formula is C23H22BrFN2O5. The molecule has 0 unspecified atom stereocenters. The van der Waals surface area contributed by atoms with E-state index in [1.54, 1.807) is 12.1 Å². The van der Waals surface area contributed by atoms with E-state index in [1.165, 1.54) is 18.2 Å². The third-order valence-electron chi connectivity index (χ3n) is 4.75. The summed E-state index contributed by atoms with van der Waals surface area (Å²) in [6.45, 7) is 6.16. The van der Waals surface area contributed by atoms with Crippen LogP contribution >= 0.6 is 15.9 Å². The van der Waals surface area contributed by atoms with Crippen molar-refractivity contribution >= 4 is 45.5 Å². The zero-order valence-electron chi connectivity index (χ0n) is 17.8. The van der Waals surface area contributed by atoms with Gasteiger partial charge in [-0.25, -0.2) is 14.1 Å². The Bertz CT molecular complexity index is 1080. The number of halogens is 2. The minimum absolute atomic E-state index is 0.0358. The number of nitrogens with one attached hydrogen (secondary N) is 1. The number of ether oxygens (including phenoxy) is 2. The number of carbonyl (C=O) groups excluding carboxylic acids is 3. The van der Waals surface area contributed by atoms with E-state index in [0.29, 0.717) is 28.1 Å². The Hall–Kier alpha value is -3.20. The first-order valence-corrected chi connectivity index (χ1v) is 10.8. The van der Waals surface area contributed by atoms with E-state index in [0.717, 1.165) is 23.5 Å². The molecule has 2 aromatic carbocycles. The first-order valence-electron chi connectivity index (χ1n) is 10.0. The van der Waals surface area contributed by atoms with Gasteiger partial charge >= 0.3 is 6.03 Å². The van der Waals surface area contributed by atoms with Crippen molar-refractivity contribution in [3.05, 3.63) is 57.8 Å². The molecule has 1 fully saturated rings. The number of carbonyl (C=O) groups is 3. The quantitative estimate of drug-likeness (QED) is 0.431. The molecule has 0 aromatic heterocycles. The van der Waals surface area contributed by atoms with Crippen LogP contribution in [0.5, 0.6) is 11.5 Å². The number of hydrogen-bond donors (Lipinski definition) is 1. The number of barbiturate groups is 1. The molecule has 1 atom stereocenters. The van der Waals surface area contributed by atoms with Crippen LogP contribution in [0.1, 0.15) is 32.8 Å². The van der Waals surface area contributed by atoms with Gasteiger partial charge in [-0.1, -0.05) is 22.9 Å². The van der Waals surface area contributed by atoms with Crippen LogP contribution in [0.2, 0.25) is 0 Å². The monoisotopic (exact) mass is 504 g/mol. The number of imide groups is 2. The van der Waals surface area contributed by atoms with Gasteiger partial charge < -0.3 is 9.47 Å². The van der Waals surface area contributed by atoms with Crippen LogP contribution in [0.25, 0.3) is 6.08 Å². The number of anilines is 1. The second kappa shape index (κ2) is 9.95. The number of benzene rings is 2. The molecule has 0 bridgehead atoms. The highest BCUT2D eigenvalue weighted by Gasteiger charge is 2.37. The molecule has 0 saturated carbocycles. The molecule has 1 saturated heterocycles. The van der Waals surface area contributed by atoms with Crippen LogP contribution in [0, 0.1) is 5.82 Å². The molecule has 3 rings (SSSR count). The summed E-state index contributed by atoms with van der Waals surface area (Å²) in [5, 5.41) is 2.14. The fourth-order valence-corrected chi connectivity index (χ4v) is 3.40. The standard InChI is InChI=1S/C23H22BrFN2O5/c1-4-13(3)32-20-12-18(24)14(11-19(20)31-5-2)10-17-21(28)26-23(30)27(22(17)29)16-8-6-15(25)7-9-16/h6-13H,4-5H2,1-3H3,(H,26,28,30)/b17-10+/t13-/m1/s1. The van der Waals surface area contributed by atoms with Crippen LogP contribution in [0.15, 0.2) is 46.4 Å². The highest BCUT2D eigenvalue weighted by molar-refractivity contribution is 9.10. The molecule has 1 N–H and O–H groups in total. The van der Waals surface area contributed by atoms with E-state index in [4.69, 9.17) is 9.47 Å². The Labute approximate surface area is 193 Å². The van der Waals surface area contributed by atoms with Crippen molar-refractivity contribution in [1.82, 2.24) is 5.32 Å². The summed E-state index contributed by atoms with van der Waals surface area (Å²) >= 11 is 3.45. The Balaban J connectivity index is 2.02. The zero-order valence-corrected chi connectivity index (χ0v) is 19.4. The topological polar surface area (TPSA) is 84.9 Å². The summed E-state index contributed by atoms with van der Waals surface area (Å²) in [6.07, 6.45) is 2.13. The van der Waals surface area contributed by atoms with E-state index >= 15 is 0 Å². The van der Waals surface area contributed by atoms with Gasteiger partial charge in [0.1, 0.15) is 11.4 Å². The minimum Gasteiger partial charge on any atom is -0.490 e.